The summed E-state index contributed by atoms with van der Waals surface area (Å²) in [6.07, 6.45) is 1.69. The molecular weight excluding hydrogens is 424 g/mol. The van der Waals surface area contributed by atoms with Crippen LogP contribution in [0.2, 0.25) is 0 Å². The number of fused-ring (bicyclic) bond motifs is 1. The highest BCUT2D eigenvalue weighted by molar-refractivity contribution is 7.92. The van der Waals surface area contributed by atoms with Crippen LogP contribution in [0.15, 0.2) is 42.5 Å². The van der Waals surface area contributed by atoms with Gasteiger partial charge in [0, 0.05) is 19.0 Å². The number of amides is 1. The van der Waals surface area contributed by atoms with Gasteiger partial charge in [-0.3, -0.25) is 9.10 Å². The van der Waals surface area contributed by atoms with Gasteiger partial charge < -0.3 is 24.3 Å². The van der Waals surface area contributed by atoms with Crippen LogP contribution in [0.1, 0.15) is 12.8 Å². The maximum Gasteiger partial charge on any atom is 0.232 e. The molecule has 1 amide bonds. The van der Waals surface area contributed by atoms with E-state index in [9.17, 15) is 13.2 Å². The standard InChI is InChI=1S/C21H26N2O7S/c1-27-17-6-8-18(9-7-17)28-13-11-22-21(24)4-3-12-23(31(2,25)26)16-5-10-19-20(14-16)30-15-29-19/h5-10,14H,3-4,11-13,15H2,1-2H3,(H,22,24). The zero-order chi connectivity index (χ0) is 22.3. The van der Waals surface area contributed by atoms with E-state index in [4.69, 9.17) is 18.9 Å². The molecular formula is C21H26N2O7S. The summed E-state index contributed by atoms with van der Waals surface area (Å²) in [6.45, 7) is 0.960. The second-order valence-electron chi connectivity index (χ2n) is 6.85. The van der Waals surface area contributed by atoms with E-state index in [0.29, 0.717) is 42.5 Å². The third-order valence-corrected chi connectivity index (χ3v) is 5.76. The second-order valence-corrected chi connectivity index (χ2v) is 8.76. The highest BCUT2D eigenvalue weighted by atomic mass is 32.2. The summed E-state index contributed by atoms with van der Waals surface area (Å²) in [6, 6.07) is 12.1. The molecule has 0 atom stereocenters. The van der Waals surface area contributed by atoms with Gasteiger partial charge in [0.1, 0.15) is 18.1 Å². The van der Waals surface area contributed by atoms with E-state index in [-0.39, 0.29) is 25.7 Å². The summed E-state index contributed by atoms with van der Waals surface area (Å²) < 4.78 is 46.9. The zero-order valence-electron chi connectivity index (χ0n) is 17.5. The third-order valence-electron chi connectivity index (χ3n) is 4.56. The third kappa shape index (κ3) is 6.42. The molecule has 2 aromatic carbocycles. The van der Waals surface area contributed by atoms with Gasteiger partial charge in [0.2, 0.25) is 22.7 Å². The average Bonchev–Trinajstić information content (AvgIpc) is 3.21. The van der Waals surface area contributed by atoms with Crippen LogP contribution >= 0.6 is 0 Å². The maximum absolute atomic E-state index is 12.2. The number of sulfonamides is 1. The molecule has 0 saturated carbocycles. The van der Waals surface area contributed by atoms with Crippen LogP contribution in [0.4, 0.5) is 5.69 Å². The van der Waals surface area contributed by atoms with Crippen molar-refractivity contribution in [2.45, 2.75) is 12.8 Å². The fourth-order valence-corrected chi connectivity index (χ4v) is 3.99. The van der Waals surface area contributed by atoms with Crippen LogP contribution in [0.25, 0.3) is 0 Å². The predicted octanol–water partition coefficient (Wildman–Crippen LogP) is 2.17. The fourth-order valence-electron chi connectivity index (χ4n) is 3.03. The van der Waals surface area contributed by atoms with Gasteiger partial charge in [-0.15, -0.1) is 0 Å². The van der Waals surface area contributed by atoms with Crippen molar-refractivity contribution in [2.24, 2.45) is 0 Å². The zero-order valence-corrected chi connectivity index (χ0v) is 18.3. The molecule has 0 unspecified atom stereocenters. The molecule has 2 aromatic rings. The number of methoxy groups -OCH3 is 1. The SMILES string of the molecule is COc1ccc(OCCNC(=O)CCCN(c2ccc3c(c2)OCO3)S(C)(=O)=O)cc1. The van der Waals surface area contributed by atoms with Crippen LogP contribution < -0.4 is 28.6 Å². The Morgan fingerprint density at radius 3 is 2.52 bits per heavy atom. The molecule has 0 bridgehead atoms. The second kappa shape index (κ2) is 10.3. The number of ether oxygens (including phenoxy) is 4. The van der Waals surface area contributed by atoms with Crippen LogP contribution in [-0.4, -0.2) is 54.2 Å². The molecule has 31 heavy (non-hydrogen) atoms. The molecule has 0 spiro atoms. The maximum atomic E-state index is 12.2. The van der Waals surface area contributed by atoms with E-state index in [2.05, 4.69) is 5.32 Å². The molecule has 0 aliphatic carbocycles. The van der Waals surface area contributed by atoms with Gasteiger partial charge >= 0.3 is 0 Å². The van der Waals surface area contributed by atoms with Crippen molar-refractivity contribution in [2.75, 3.05) is 44.2 Å². The summed E-state index contributed by atoms with van der Waals surface area (Å²) in [5.74, 6) is 2.33. The number of anilines is 1. The smallest absolute Gasteiger partial charge is 0.232 e. The first-order chi connectivity index (χ1) is 14.9. The van der Waals surface area contributed by atoms with Gasteiger partial charge in [0.15, 0.2) is 11.5 Å². The average molecular weight is 451 g/mol. The predicted molar refractivity (Wildman–Crippen MR) is 115 cm³/mol. The van der Waals surface area contributed by atoms with Gasteiger partial charge in [0.25, 0.3) is 0 Å². The molecule has 10 heteroatoms. The van der Waals surface area contributed by atoms with E-state index in [1.165, 1.54) is 4.31 Å². The normalized spacial score (nSPS) is 12.3. The first kappa shape index (κ1) is 22.5. The summed E-state index contributed by atoms with van der Waals surface area (Å²) in [5, 5.41) is 2.77. The van der Waals surface area contributed by atoms with Gasteiger partial charge in [-0.2, -0.15) is 0 Å². The van der Waals surface area contributed by atoms with E-state index in [1.807, 2.05) is 0 Å². The quantitative estimate of drug-likeness (QED) is 0.523. The van der Waals surface area contributed by atoms with Gasteiger partial charge in [-0.05, 0) is 42.8 Å². The number of benzene rings is 2. The number of hydrogen-bond donors (Lipinski definition) is 1. The molecule has 1 N–H and O–H groups in total. The summed E-state index contributed by atoms with van der Waals surface area (Å²) in [4.78, 5) is 12.1. The summed E-state index contributed by atoms with van der Waals surface area (Å²) in [7, 11) is -1.92. The Bertz CT molecular complexity index is 993. The summed E-state index contributed by atoms with van der Waals surface area (Å²) in [5.41, 5.74) is 0.472. The van der Waals surface area contributed by atoms with Crippen LogP contribution in [0, 0.1) is 0 Å². The van der Waals surface area contributed by atoms with Crippen LogP contribution in [0.5, 0.6) is 23.0 Å². The van der Waals surface area contributed by atoms with Crippen molar-refractivity contribution in [3.05, 3.63) is 42.5 Å². The number of nitrogens with zero attached hydrogens (tertiary/aromatic N) is 1. The number of hydrogen-bond acceptors (Lipinski definition) is 7. The Labute approximate surface area is 181 Å². The Morgan fingerprint density at radius 2 is 1.81 bits per heavy atom. The Kier molecular flexibility index (Phi) is 7.45. The largest absolute Gasteiger partial charge is 0.497 e. The lowest BCUT2D eigenvalue weighted by Crippen LogP contribution is -2.32. The highest BCUT2D eigenvalue weighted by Gasteiger charge is 2.21. The van der Waals surface area contributed by atoms with E-state index < -0.39 is 10.0 Å². The van der Waals surface area contributed by atoms with Gasteiger partial charge in [0.05, 0.1) is 25.6 Å². The monoisotopic (exact) mass is 450 g/mol. The molecule has 1 heterocycles. The van der Waals surface area contributed by atoms with E-state index in [0.717, 1.165) is 12.0 Å². The van der Waals surface area contributed by atoms with Crippen molar-refractivity contribution < 1.29 is 32.2 Å². The summed E-state index contributed by atoms with van der Waals surface area (Å²) >= 11 is 0. The lowest BCUT2D eigenvalue weighted by atomic mass is 10.2. The molecule has 3 rings (SSSR count). The fraction of sp³-hybridized carbons (Fsp3) is 0.381. The number of carbonyl (C=O) groups is 1. The lowest BCUT2D eigenvalue weighted by Gasteiger charge is -2.22. The Balaban J connectivity index is 1.42. The highest BCUT2D eigenvalue weighted by Crippen LogP contribution is 2.36. The van der Waals surface area contributed by atoms with Crippen molar-refractivity contribution in [3.63, 3.8) is 0 Å². The molecule has 1 aliphatic heterocycles. The topological polar surface area (TPSA) is 103 Å². The molecule has 0 saturated heterocycles. The molecule has 1 aliphatic rings. The first-order valence-corrected chi connectivity index (χ1v) is 11.6. The minimum atomic E-state index is -3.51. The van der Waals surface area contributed by atoms with Gasteiger partial charge in [-0.25, -0.2) is 8.42 Å². The Morgan fingerprint density at radius 1 is 1.10 bits per heavy atom. The minimum absolute atomic E-state index is 0.111. The molecule has 168 valence electrons. The van der Waals surface area contributed by atoms with Crippen molar-refractivity contribution in [1.29, 1.82) is 0 Å². The Hall–Kier alpha value is -3.14. The first-order valence-electron chi connectivity index (χ1n) is 9.78. The number of nitrogens with one attached hydrogen (secondary N) is 1. The molecule has 0 fully saturated rings. The van der Waals surface area contributed by atoms with Crippen LogP contribution in [0.3, 0.4) is 0 Å². The van der Waals surface area contributed by atoms with Crippen molar-refractivity contribution in [1.82, 2.24) is 5.32 Å². The lowest BCUT2D eigenvalue weighted by molar-refractivity contribution is -0.121. The number of carbonyl (C=O) groups excluding carboxylic acids is 1. The van der Waals surface area contributed by atoms with Crippen LogP contribution in [-0.2, 0) is 14.8 Å². The van der Waals surface area contributed by atoms with Crippen molar-refractivity contribution >= 4 is 21.6 Å². The molecule has 0 radical (unpaired) electrons. The van der Waals surface area contributed by atoms with Gasteiger partial charge in [-0.1, -0.05) is 0 Å². The minimum Gasteiger partial charge on any atom is -0.497 e. The molecule has 9 nitrogen and oxygen atoms in total. The van der Waals surface area contributed by atoms with E-state index >= 15 is 0 Å². The van der Waals surface area contributed by atoms with E-state index in [1.54, 1.807) is 49.6 Å². The molecule has 0 aromatic heterocycles. The number of rotatable bonds is 11. The van der Waals surface area contributed by atoms with Crippen molar-refractivity contribution in [3.8, 4) is 23.0 Å².